The molecule has 2 heterocycles. The van der Waals surface area contributed by atoms with Gasteiger partial charge < -0.3 is 5.32 Å². The summed E-state index contributed by atoms with van der Waals surface area (Å²) in [4.78, 5) is 50.8. The Morgan fingerprint density at radius 2 is 1.69 bits per heavy atom. The molecular weight excluding hydrogens is 428 g/mol. The van der Waals surface area contributed by atoms with Gasteiger partial charge in [0.15, 0.2) is 0 Å². The van der Waals surface area contributed by atoms with E-state index in [0.29, 0.717) is 11.3 Å². The predicted octanol–water partition coefficient (Wildman–Crippen LogP) is 3.11. The highest BCUT2D eigenvalue weighted by Gasteiger charge is 2.36. The maximum absolute atomic E-state index is 12.8. The van der Waals surface area contributed by atoms with Gasteiger partial charge in [0, 0.05) is 19.8 Å². The lowest BCUT2D eigenvalue weighted by Gasteiger charge is -2.12. The van der Waals surface area contributed by atoms with Gasteiger partial charge in [-0.25, -0.2) is 4.79 Å². The summed E-state index contributed by atoms with van der Waals surface area (Å²) in [6, 6.07) is 12.8. The normalized spacial score (nSPS) is 15.2. The number of nitrogens with zero attached hydrogens (tertiary/aromatic N) is 3. The summed E-state index contributed by atoms with van der Waals surface area (Å²) >= 11 is 0.793. The Morgan fingerprint density at radius 1 is 1.00 bits per heavy atom. The molecule has 0 saturated carbocycles. The van der Waals surface area contributed by atoms with E-state index < -0.39 is 17.1 Å². The fourth-order valence-electron chi connectivity index (χ4n) is 3.57. The van der Waals surface area contributed by atoms with Crippen molar-refractivity contribution in [2.24, 2.45) is 14.1 Å². The lowest BCUT2D eigenvalue weighted by molar-refractivity contribution is -0.127. The number of benzene rings is 2. The maximum Gasteiger partial charge on any atom is 0.328 e. The first-order valence-electron chi connectivity index (χ1n) is 10.1. The monoisotopic (exact) mass is 450 g/mol. The third-order valence-electron chi connectivity index (χ3n) is 5.42. The number of hydrogen-bond donors (Lipinski definition) is 1. The Kier molecular flexibility index (Phi) is 5.75. The molecular formula is C23H22N4O4S. The van der Waals surface area contributed by atoms with Gasteiger partial charge >= 0.3 is 5.69 Å². The van der Waals surface area contributed by atoms with Crippen molar-refractivity contribution in [3.05, 3.63) is 69.0 Å². The van der Waals surface area contributed by atoms with Crippen LogP contribution in [0.3, 0.4) is 0 Å². The third kappa shape index (κ3) is 3.99. The number of fused-ring (bicyclic) bond motifs is 1. The van der Waals surface area contributed by atoms with Crippen molar-refractivity contribution in [2.75, 3.05) is 11.9 Å². The van der Waals surface area contributed by atoms with Crippen LogP contribution in [0.15, 0.2) is 52.2 Å². The Bertz CT molecular complexity index is 1330. The van der Waals surface area contributed by atoms with Gasteiger partial charge in [-0.05, 0) is 59.7 Å². The van der Waals surface area contributed by atoms with Crippen LogP contribution in [0.2, 0.25) is 0 Å². The van der Waals surface area contributed by atoms with E-state index in [1.165, 1.54) is 4.57 Å². The fraction of sp³-hybridized carbons (Fsp3) is 0.217. The first-order chi connectivity index (χ1) is 15.3. The number of amides is 3. The zero-order valence-electron chi connectivity index (χ0n) is 17.9. The molecule has 0 atom stereocenters. The van der Waals surface area contributed by atoms with Crippen molar-refractivity contribution in [2.45, 2.75) is 13.3 Å². The number of aromatic nitrogens is 2. The van der Waals surface area contributed by atoms with Crippen LogP contribution in [-0.4, -0.2) is 37.6 Å². The van der Waals surface area contributed by atoms with E-state index in [2.05, 4.69) is 5.32 Å². The summed E-state index contributed by atoms with van der Waals surface area (Å²) in [5, 5.41) is 2.22. The minimum Gasteiger partial charge on any atom is -0.325 e. The van der Waals surface area contributed by atoms with E-state index in [0.717, 1.165) is 39.7 Å². The number of aryl methyl sites for hydroxylation is 3. The number of carbonyl (C=O) groups is 3. The molecule has 164 valence electrons. The highest BCUT2D eigenvalue weighted by Crippen LogP contribution is 2.32. The zero-order valence-corrected chi connectivity index (χ0v) is 18.7. The van der Waals surface area contributed by atoms with Gasteiger partial charge in [-0.2, -0.15) is 0 Å². The van der Waals surface area contributed by atoms with Crippen molar-refractivity contribution in [1.82, 2.24) is 14.0 Å². The van der Waals surface area contributed by atoms with Gasteiger partial charge in [0.1, 0.15) is 6.54 Å². The molecule has 1 aliphatic rings. The van der Waals surface area contributed by atoms with E-state index in [-0.39, 0.29) is 17.1 Å². The van der Waals surface area contributed by atoms with E-state index in [9.17, 15) is 19.2 Å². The van der Waals surface area contributed by atoms with E-state index >= 15 is 0 Å². The standard InChI is InChI=1S/C23H22N4O4S/c1-4-14-5-8-16(9-6-14)24-20(28)13-27-21(29)19(32-23(27)31)12-15-7-10-17-18(11-15)26(3)22(30)25(17)2/h5-12H,4,13H2,1-3H3,(H,24,28). The van der Waals surface area contributed by atoms with Crippen LogP contribution in [0.4, 0.5) is 10.5 Å². The van der Waals surface area contributed by atoms with Crippen LogP contribution < -0.4 is 11.0 Å². The Labute approximate surface area is 188 Å². The number of hydrogen-bond acceptors (Lipinski definition) is 5. The molecule has 1 aliphatic heterocycles. The molecule has 1 N–H and O–H groups in total. The smallest absolute Gasteiger partial charge is 0.325 e. The molecule has 0 bridgehead atoms. The predicted molar refractivity (Wildman–Crippen MR) is 125 cm³/mol. The minimum absolute atomic E-state index is 0.146. The van der Waals surface area contributed by atoms with Crippen LogP contribution >= 0.6 is 11.8 Å². The van der Waals surface area contributed by atoms with E-state index in [1.807, 2.05) is 19.1 Å². The maximum atomic E-state index is 12.8. The molecule has 4 rings (SSSR count). The molecule has 8 nitrogen and oxygen atoms in total. The van der Waals surface area contributed by atoms with Gasteiger partial charge in [-0.15, -0.1) is 0 Å². The lowest BCUT2D eigenvalue weighted by atomic mass is 10.1. The first-order valence-corrected chi connectivity index (χ1v) is 10.9. The average molecular weight is 451 g/mol. The molecule has 0 spiro atoms. The molecule has 0 unspecified atom stereocenters. The second kappa shape index (κ2) is 8.51. The Balaban J connectivity index is 1.50. The van der Waals surface area contributed by atoms with Gasteiger partial charge in [0.25, 0.3) is 11.1 Å². The largest absolute Gasteiger partial charge is 0.328 e. The molecule has 1 fully saturated rings. The molecule has 0 aliphatic carbocycles. The van der Waals surface area contributed by atoms with Crippen molar-refractivity contribution in [3.63, 3.8) is 0 Å². The number of nitrogens with one attached hydrogen (secondary N) is 1. The summed E-state index contributed by atoms with van der Waals surface area (Å²) < 4.78 is 3.07. The first kappa shape index (κ1) is 21.6. The summed E-state index contributed by atoms with van der Waals surface area (Å²) in [6.07, 6.45) is 2.49. The van der Waals surface area contributed by atoms with Crippen LogP contribution in [0.5, 0.6) is 0 Å². The summed E-state index contributed by atoms with van der Waals surface area (Å²) in [5.74, 6) is -0.961. The number of carbonyl (C=O) groups excluding carboxylic acids is 3. The molecule has 32 heavy (non-hydrogen) atoms. The molecule has 3 amide bonds. The summed E-state index contributed by atoms with van der Waals surface area (Å²) in [5.41, 5.74) is 3.78. The zero-order chi connectivity index (χ0) is 23.0. The molecule has 1 aromatic heterocycles. The number of anilines is 1. The second-order valence-corrected chi connectivity index (χ2v) is 8.51. The molecule has 2 aromatic carbocycles. The number of rotatable bonds is 5. The van der Waals surface area contributed by atoms with E-state index in [1.54, 1.807) is 55.1 Å². The van der Waals surface area contributed by atoms with E-state index in [4.69, 9.17) is 0 Å². The average Bonchev–Trinajstić information content (AvgIpc) is 3.16. The third-order valence-corrected chi connectivity index (χ3v) is 6.32. The van der Waals surface area contributed by atoms with Crippen LogP contribution in [0.1, 0.15) is 18.1 Å². The Hall–Kier alpha value is -3.59. The SMILES string of the molecule is CCc1ccc(NC(=O)CN2C(=O)SC(=Cc3ccc4c(c3)n(C)c(=O)n4C)C2=O)cc1. The molecule has 9 heteroatoms. The molecule has 3 aromatic rings. The van der Waals surface area contributed by atoms with Gasteiger partial charge in [-0.1, -0.05) is 25.1 Å². The van der Waals surface area contributed by atoms with Crippen LogP contribution in [-0.2, 0) is 30.1 Å². The topological polar surface area (TPSA) is 93.4 Å². The van der Waals surface area contributed by atoms with Crippen LogP contribution in [0, 0.1) is 0 Å². The van der Waals surface area contributed by atoms with Crippen molar-refractivity contribution in [3.8, 4) is 0 Å². The van der Waals surface area contributed by atoms with Crippen LogP contribution in [0.25, 0.3) is 17.1 Å². The number of thioether (sulfide) groups is 1. The Morgan fingerprint density at radius 3 is 2.38 bits per heavy atom. The number of imide groups is 1. The summed E-state index contributed by atoms with van der Waals surface area (Å²) in [7, 11) is 3.37. The van der Waals surface area contributed by atoms with Crippen molar-refractivity contribution in [1.29, 1.82) is 0 Å². The fourth-order valence-corrected chi connectivity index (χ4v) is 4.41. The van der Waals surface area contributed by atoms with Gasteiger partial charge in [-0.3, -0.25) is 28.4 Å². The highest BCUT2D eigenvalue weighted by atomic mass is 32.2. The molecule has 0 radical (unpaired) electrons. The van der Waals surface area contributed by atoms with Gasteiger partial charge in [0.2, 0.25) is 5.91 Å². The van der Waals surface area contributed by atoms with Gasteiger partial charge in [0.05, 0.1) is 15.9 Å². The minimum atomic E-state index is -0.515. The highest BCUT2D eigenvalue weighted by molar-refractivity contribution is 8.18. The van der Waals surface area contributed by atoms with Crippen molar-refractivity contribution >= 4 is 51.6 Å². The quantitative estimate of drug-likeness (QED) is 0.603. The summed E-state index contributed by atoms with van der Waals surface area (Å²) in [6.45, 7) is 1.68. The lowest BCUT2D eigenvalue weighted by Crippen LogP contribution is -2.36. The molecule has 1 saturated heterocycles. The second-order valence-electron chi connectivity index (χ2n) is 7.52. The van der Waals surface area contributed by atoms with Crippen molar-refractivity contribution < 1.29 is 14.4 Å². The number of imidazole rings is 1.